The second-order valence-electron chi connectivity index (χ2n) is 6.06. The zero-order valence-corrected chi connectivity index (χ0v) is 11.3. The van der Waals surface area contributed by atoms with Crippen LogP contribution in [-0.4, -0.2) is 40.3 Å². The zero-order chi connectivity index (χ0) is 13.4. The highest BCUT2D eigenvalue weighted by atomic mass is 16.5. The fourth-order valence-electron chi connectivity index (χ4n) is 2.61. The number of hydrogen-bond acceptors (Lipinski definition) is 4. The minimum atomic E-state index is -0.147. The predicted molar refractivity (Wildman–Crippen MR) is 68.4 cm³/mol. The maximum atomic E-state index is 12.1. The molecule has 1 saturated heterocycles. The molecule has 1 aromatic heterocycles. The van der Waals surface area contributed by atoms with E-state index in [0.29, 0.717) is 18.9 Å². The SMILES string of the molecule is CC1(C)CN(C(=O)Nc2ccon2)CC(C)(C)N1. The Labute approximate surface area is 107 Å². The molecule has 0 bridgehead atoms. The number of carbonyl (C=O) groups excluding carboxylic acids is 1. The molecule has 0 saturated carbocycles. The van der Waals surface area contributed by atoms with Crippen LogP contribution >= 0.6 is 0 Å². The standard InChI is InChI=1S/C12H20N4O2/c1-11(2)7-16(8-12(3,4)15-11)10(17)13-9-5-6-18-14-9/h5-6,15H,7-8H2,1-4H3,(H,13,14,17). The summed E-state index contributed by atoms with van der Waals surface area (Å²) in [5.74, 6) is 0.439. The van der Waals surface area contributed by atoms with Gasteiger partial charge in [0.05, 0.1) is 0 Å². The highest BCUT2D eigenvalue weighted by Crippen LogP contribution is 2.21. The van der Waals surface area contributed by atoms with Gasteiger partial charge in [-0.2, -0.15) is 0 Å². The number of nitrogens with one attached hydrogen (secondary N) is 2. The van der Waals surface area contributed by atoms with E-state index >= 15 is 0 Å². The number of hydrogen-bond donors (Lipinski definition) is 2. The number of nitrogens with zero attached hydrogens (tertiary/aromatic N) is 2. The molecule has 6 heteroatoms. The average Bonchev–Trinajstić information content (AvgIpc) is 2.65. The molecule has 6 nitrogen and oxygen atoms in total. The molecule has 0 unspecified atom stereocenters. The Kier molecular flexibility index (Phi) is 3.06. The smallest absolute Gasteiger partial charge is 0.323 e. The van der Waals surface area contributed by atoms with Gasteiger partial charge in [-0.1, -0.05) is 5.16 Å². The summed E-state index contributed by atoms with van der Waals surface area (Å²) in [6.07, 6.45) is 1.43. The van der Waals surface area contributed by atoms with Crippen molar-refractivity contribution in [1.82, 2.24) is 15.4 Å². The number of carbonyl (C=O) groups is 1. The molecule has 2 rings (SSSR count). The Bertz CT molecular complexity index is 409. The second-order valence-corrected chi connectivity index (χ2v) is 6.06. The molecule has 1 aliphatic rings. The van der Waals surface area contributed by atoms with Crippen LogP contribution in [0.25, 0.3) is 0 Å². The largest absolute Gasteiger partial charge is 0.363 e. The quantitative estimate of drug-likeness (QED) is 0.797. The van der Waals surface area contributed by atoms with Crippen molar-refractivity contribution in [2.75, 3.05) is 18.4 Å². The first kappa shape index (κ1) is 12.9. The van der Waals surface area contributed by atoms with E-state index < -0.39 is 0 Å². The molecule has 0 radical (unpaired) electrons. The summed E-state index contributed by atoms with van der Waals surface area (Å²) in [6, 6.07) is 1.47. The van der Waals surface area contributed by atoms with Gasteiger partial charge in [0.1, 0.15) is 6.26 Å². The van der Waals surface area contributed by atoms with E-state index in [1.165, 1.54) is 6.26 Å². The molecule has 100 valence electrons. The molecule has 0 aromatic carbocycles. The maximum absolute atomic E-state index is 12.1. The van der Waals surface area contributed by atoms with Crippen LogP contribution in [0.15, 0.2) is 16.9 Å². The Balaban J connectivity index is 2.06. The molecule has 1 aromatic rings. The van der Waals surface area contributed by atoms with Crippen molar-refractivity contribution in [2.24, 2.45) is 0 Å². The van der Waals surface area contributed by atoms with E-state index in [4.69, 9.17) is 0 Å². The van der Waals surface area contributed by atoms with Gasteiger partial charge >= 0.3 is 6.03 Å². The predicted octanol–water partition coefficient (Wildman–Crippen LogP) is 1.67. The van der Waals surface area contributed by atoms with Crippen LogP contribution in [0.3, 0.4) is 0 Å². The summed E-state index contributed by atoms with van der Waals surface area (Å²) in [5.41, 5.74) is -0.216. The molecule has 2 heterocycles. The van der Waals surface area contributed by atoms with E-state index in [9.17, 15) is 4.79 Å². The van der Waals surface area contributed by atoms with E-state index in [-0.39, 0.29) is 17.1 Å². The third kappa shape index (κ3) is 3.01. The van der Waals surface area contributed by atoms with Gasteiger partial charge in [-0.3, -0.25) is 5.32 Å². The zero-order valence-electron chi connectivity index (χ0n) is 11.3. The third-order valence-electron chi connectivity index (χ3n) is 2.81. The summed E-state index contributed by atoms with van der Waals surface area (Å²) in [4.78, 5) is 13.9. The number of aromatic nitrogens is 1. The Morgan fingerprint density at radius 1 is 1.39 bits per heavy atom. The van der Waals surface area contributed by atoms with Crippen LogP contribution in [0, 0.1) is 0 Å². The summed E-state index contributed by atoms with van der Waals surface area (Å²) in [6.45, 7) is 9.66. The molecule has 2 N–H and O–H groups in total. The lowest BCUT2D eigenvalue weighted by atomic mass is 9.92. The Morgan fingerprint density at radius 3 is 2.50 bits per heavy atom. The third-order valence-corrected chi connectivity index (χ3v) is 2.81. The number of rotatable bonds is 1. The second kappa shape index (κ2) is 4.28. The minimum absolute atomic E-state index is 0.108. The molecule has 1 aliphatic heterocycles. The van der Waals surface area contributed by atoms with Crippen LogP contribution < -0.4 is 10.6 Å². The monoisotopic (exact) mass is 252 g/mol. The fraction of sp³-hybridized carbons (Fsp3) is 0.667. The van der Waals surface area contributed by atoms with Crippen LogP contribution in [0.1, 0.15) is 27.7 Å². The summed E-state index contributed by atoms with van der Waals surface area (Å²) in [7, 11) is 0. The van der Waals surface area contributed by atoms with Gasteiger partial charge in [0.15, 0.2) is 5.82 Å². The van der Waals surface area contributed by atoms with E-state index in [2.05, 4.69) is 48.0 Å². The molecule has 18 heavy (non-hydrogen) atoms. The normalized spacial score (nSPS) is 21.7. The van der Waals surface area contributed by atoms with E-state index in [0.717, 1.165) is 0 Å². The van der Waals surface area contributed by atoms with Crippen molar-refractivity contribution in [3.05, 3.63) is 12.3 Å². The van der Waals surface area contributed by atoms with Crippen LogP contribution in [0.4, 0.5) is 10.6 Å². The number of anilines is 1. The average molecular weight is 252 g/mol. The van der Waals surface area contributed by atoms with Gasteiger partial charge in [0.2, 0.25) is 0 Å². The fourth-order valence-corrected chi connectivity index (χ4v) is 2.61. The van der Waals surface area contributed by atoms with Gasteiger partial charge in [-0.05, 0) is 27.7 Å². The summed E-state index contributed by atoms with van der Waals surface area (Å²) < 4.78 is 4.69. The summed E-state index contributed by atoms with van der Waals surface area (Å²) >= 11 is 0. The number of piperazine rings is 1. The van der Waals surface area contributed by atoms with Gasteiger partial charge in [-0.15, -0.1) is 0 Å². The molecular formula is C12H20N4O2. The molecule has 0 aliphatic carbocycles. The topological polar surface area (TPSA) is 70.4 Å². The van der Waals surface area contributed by atoms with Gasteiger partial charge in [0, 0.05) is 30.2 Å². The highest BCUT2D eigenvalue weighted by Gasteiger charge is 2.38. The van der Waals surface area contributed by atoms with Crippen molar-refractivity contribution < 1.29 is 9.32 Å². The van der Waals surface area contributed by atoms with Gasteiger partial charge in [-0.25, -0.2) is 4.79 Å². The Hall–Kier alpha value is -1.56. The molecule has 1 fully saturated rings. The molecule has 0 spiro atoms. The van der Waals surface area contributed by atoms with Crippen molar-refractivity contribution in [2.45, 2.75) is 38.8 Å². The van der Waals surface area contributed by atoms with E-state index in [1.54, 1.807) is 11.0 Å². The first-order valence-corrected chi connectivity index (χ1v) is 6.03. The van der Waals surface area contributed by atoms with Crippen LogP contribution in [-0.2, 0) is 0 Å². The summed E-state index contributed by atoms with van der Waals surface area (Å²) in [5, 5.41) is 9.92. The van der Waals surface area contributed by atoms with Crippen LogP contribution in [0.5, 0.6) is 0 Å². The minimum Gasteiger partial charge on any atom is -0.363 e. The number of urea groups is 1. The van der Waals surface area contributed by atoms with Crippen molar-refractivity contribution in [1.29, 1.82) is 0 Å². The first-order valence-electron chi connectivity index (χ1n) is 6.03. The van der Waals surface area contributed by atoms with Crippen molar-refractivity contribution in [3.8, 4) is 0 Å². The van der Waals surface area contributed by atoms with Crippen molar-refractivity contribution >= 4 is 11.8 Å². The Morgan fingerprint density at radius 2 is 2.00 bits per heavy atom. The number of amides is 2. The van der Waals surface area contributed by atoms with Crippen LogP contribution in [0.2, 0.25) is 0 Å². The molecule has 2 amide bonds. The molecular weight excluding hydrogens is 232 g/mol. The lowest BCUT2D eigenvalue weighted by molar-refractivity contribution is 0.102. The highest BCUT2D eigenvalue weighted by molar-refractivity contribution is 5.88. The van der Waals surface area contributed by atoms with E-state index in [1.807, 2.05) is 0 Å². The lowest BCUT2D eigenvalue weighted by Gasteiger charge is -2.48. The molecule has 0 atom stereocenters. The maximum Gasteiger partial charge on any atom is 0.323 e. The van der Waals surface area contributed by atoms with Gasteiger partial charge < -0.3 is 14.7 Å². The van der Waals surface area contributed by atoms with Gasteiger partial charge in [0.25, 0.3) is 0 Å². The van der Waals surface area contributed by atoms with Crippen molar-refractivity contribution in [3.63, 3.8) is 0 Å². The first-order chi connectivity index (χ1) is 8.27. The lowest BCUT2D eigenvalue weighted by Crippen LogP contribution is -2.68.